The van der Waals surface area contributed by atoms with Gasteiger partial charge in [-0.05, 0) is 31.6 Å². The molecule has 0 bridgehead atoms. The molecular weight excluding hydrogens is 288 g/mol. The highest BCUT2D eigenvalue weighted by molar-refractivity contribution is 7.99. The fourth-order valence-corrected chi connectivity index (χ4v) is 4.00. The maximum Gasteiger partial charge on any atom is 0.252 e. The van der Waals surface area contributed by atoms with E-state index in [-0.39, 0.29) is 5.91 Å². The highest BCUT2D eigenvalue weighted by atomic mass is 32.2. The lowest BCUT2D eigenvalue weighted by atomic mass is 9.95. The number of nitrogens with one attached hydrogen (secondary N) is 1. The van der Waals surface area contributed by atoms with Gasteiger partial charge in [0, 0.05) is 16.7 Å². The standard InChI is InChI=1S/C15H20N2OS2/c1-19-13-5-2-4-12(9-13)17-15(18)11-8-14(20-10-11)6-3-7-16/h8,10,12-13H,2,4-5,7,9,16H2,1H3,(H,17,18). The summed E-state index contributed by atoms with van der Waals surface area (Å²) in [6.45, 7) is 0.345. The fourth-order valence-electron chi connectivity index (χ4n) is 2.42. The van der Waals surface area contributed by atoms with Crippen LogP contribution < -0.4 is 11.1 Å². The molecule has 0 saturated heterocycles. The van der Waals surface area contributed by atoms with Gasteiger partial charge in [-0.25, -0.2) is 0 Å². The van der Waals surface area contributed by atoms with Crippen LogP contribution in [0.5, 0.6) is 0 Å². The van der Waals surface area contributed by atoms with E-state index in [9.17, 15) is 4.79 Å². The Bertz CT molecular complexity index is 515. The van der Waals surface area contributed by atoms with Crippen molar-refractivity contribution in [3.8, 4) is 11.8 Å². The van der Waals surface area contributed by atoms with Gasteiger partial charge in [-0.3, -0.25) is 4.79 Å². The molecule has 1 amide bonds. The molecule has 0 aromatic carbocycles. The van der Waals surface area contributed by atoms with E-state index in [4.69, 9.17) is 5.73 Å². The Balaban J connectivity index is 1.92. The van der Waals surface area contributed by atoms with Gasteiger partial charge in [0.05, 0.1) is 17.0 Å². The lowest BCUT2D eigenvalue weighted by Crippen LogP contribution is -2.38. The van der Waals surface area contributed by atoms with Crippen molar-refractivity contribution in [2.75, 3.05) is 12.8 Å². The lowest BCUT2D eigenvalue weighted by molar-refractivity contribution is 0.0929. The first-order valence-corrected chi connectivity index (χ1v) is 9.00. The fraction of sp³-hybridized carbons (Fsp3) is 0.533. The monoisotopic (exact) mass is 308 g/mol. The third kappa shape index (κ3) is 4.27. The minimum absolute atomic E-state index is 0.0220. The molecule has 1 aromatic rings. The van der Waals surface area contributed by atoms with Crippen LogP contribution in [0.25, 0.3) is 0 Å². The van der Waals surface area contributed by atoms with Crippen LogP contribution in [0.1, 0.15) is 40.9 Å². The van der Waals surface area contributed by atoms with Crippen molar-refractivity contribution in [2.24, 2.45) is 5.73 Å². The van der Waals surface area contributed by atoms with Gasteiger partial charge in [-0.2, -0.15) is 11.8 Å². The quantitative estimate of drug-likeness (QED) is 0.843. The lowest BCUT2D eigenvalue weighted by Gasteiger charge is -2.28. The SMILES string of the molecule is CSC1CCCC(NC(=O)c2csc(C#CCN)c2)C1. The molecule has 1 saturated carbocycles. The van der Waals surface area contributed by atoms with E-state index in [0.29, 0.717) is 23.4 Å². The zero-order valence-corrected chi connectivity index (χ0v) is 13.3. The van der Waals surface area contributed by atoms with E-state index in [2.05, 4.69) is 23.4 Å². The maximum absolute atomic E-state index is 12.2. The predicted octanol–water partition coefficient (Wildman–Crippen LogP) is 2.46. The molecule has 0 spiro atoms. The number of carbonyl (C=O) groups is 1. The Morgan fingerprint density at radius 2 is 2.45 bits per heavy atom. The summed E-state index contributed by atoms with van der Waals surface area (Å²) >= 11 is 3.40. The van der Waals surface area contributed by atoms with Crippen LogP contribution >= 0.6 is 23.1 Å². The second kappa shape index (κ2) is 7.72. The first-order valence-electron chi connectivity index (χ1n) is 6.84. The highest BCUT2D eigenvalue weighted by Crippen LogP contribution is 2.27. The Kier molecular flexibility index (Phi) is 5.96. The summed E-state index contributed by atoms with van der Waals surface area (Å²) in [6.07, 6.45) is 6.79. The zero-order valence-electron chi connectivity index (χ0n) is 11.6. The van der Waals surface area contributed by atoms with Gasteiger partial charge < -0.3 is 11.1 Å². The van der Waals surface area contributed by atoms with Crippen molar-refractivity contribution in [1.82, 2.24) is 5.32 Å². The topological polar surface area (TPSA) is 55.1 Å². The Morgan fingerprint density at radius 3 is 3.20 bits per heavy atom. The van der Waals surface area contributed by atoms with Crippen molar-refractivity contribution in [2.45, 2.75) is 37.0 Å². The molecule has 0 radical (unpaired) electrons. The van der Waals surface area contributed by atoms with Crippen LogP contribution in [0.3, 0.4) is 0 Å². The Labute approximate surface area is 128 Å². The molecule has 1 aliphatic rings. The van der Waals surface area contributed by atoms with Crippen LogP contribution in [-0.2, 0) is 0 Å². The average Bonchev–Trinajstić information content (AvgIpc) is 2.94. The molecule has 1 heterocycles. The smallest absolute Gasteiger partial charge is 0.252 e. The summed E-state index contributed by atoms with van der Waals surface area (Å²) in [6, 6.07) is 2.16. The minimum atomic E-state index is 0.0220. The predicted molar refractivity (Wildman–Crippen MR) is 87.3 cm³/mol. The van der Waals surface area contributed by atoms with E-state index in [1.807, 2.05) is 23.2 Å². The van der Waals surface area contributed by atoms with Gasteiger partial charge in [0.25, 0.3) is 5.91 Å². The summed E-state index contributed by atoms with van der Waals surface area (Å²) in [5.41, 5.74) is 6.05. The van der Waals surface area contributed by atoms with Crippen molar-refractivity contribution in [3.05, 3.63) is 21.9 Å². The van der Waals surface area contributed by atoms with Gasteiger partial charge in [0.1, 0.15) is 0 Å². The largest absolute Gasteiger partial charge is 0.349 e. The molecule has 2 unspecified atom stereocenters. The van der Waals surface area contributed by atoms with Gasteiger partial charge in [0.15, 0.2) is 0 Å². The van der Waals surface area contributed by atoms with E-state index >= 15 is 0 Å². The van der Waals surface area contributed by atoms with E-state index in [0.717, 1.165) is 17.7 Å². The van der Waals surface area contributed by atoms with Gasteiger partial charge >= 0.3 is 0 Å². The molecule has 1 aromatic heterocycles. The molecule has 2 atom stereocenters. The molecular formula is C15H20N2OS2. The van der Waals surface area contributed by atoms with Crippen LogP contribution in [0, 0.1) is 11.8 Å². The summed E-state index contributed by atoms with van der Waals surface area (Å²) in [7, 11) is 0. The van der Waals surface area contributed by atoms with Crippen LogP contribution in [0.15, 0.2) is 11.4 Å². The van der Waals surface area contributed by atoms with Crippen LogP contribution in [-0.4, -0.2) is 30.0 Å². The first-order chi connectivity index (χ1) is 9.72. The van der Waals surface area contributed by atoms with E-state index in [1.54, 1.807) is 0 Å². The average molecular weight is 308 g/mol. The Hall–Kier alpha value is -0.960. The summed E-state index contributed by atoms with van der Waals surface area (Å²) in [4.78, 5) is 13.1. The number of rotatable bonds is 3. The van der Waals surface area contributed by atoms with Crippen molar-refractivity contribution < 1.29 is 4.79 Å². The number of hydrogen-bond donors (Lipinski definition) is 2. The highest BCUT2D eigenvalue weighted by Gasteiger charge is 2.23. The van der Waals surface area contributed by atoms with Gasteiger partial charge in [-0.15, -0.1) is 11.3 Å². The molecule has 0 aliphatic heterocycles. The van der Waals surface area contributed by atoms with Crippen molar-refractivity contribution >= 4 is 29.0 Å². The summed E-state index contributed by atoms with van der Waals surface area (Å²) in [5, 5.41) is 5.70. The van der Waals surface area contributed by atoms with E-state index < -0.39 is 0 Å². The maximum atomic E-state index is 12.2. The molecule has 1 aliphatic carbocycles. The number of carbonyl (C=O) groups excluding carboxylic acids is 1. The van der Waals surface area contributed by atoms with E-state index in [1.165, 1.54) is 24.2 Å². The van der Waals surface area contributed by atoms with Crippen LogP contribution in [0.4, 0.5) is 0 Å². The third-order valence-electron chi connectivity index (χ3n) is 3.47. The second-order valence-electron chi connectivity index (χ2n) is 4.90. The molecule has 108 valence electrons. The molecule has 5 heteroatoms. The van der Waals surface area contributed by atoms with Gasteiger partial charge in [-0.1, -0.05) is 18.3 Å². The summed E-state index contributed by atoms with van der Waals surface area (Å²) < 4.78 is 0. The van der Waals surface area contributed by atoms with Crippen molar-refractivity contribution in [3.63, 3.8) is 0 Å². The molecule has 2 rings (SSSR count). The third-order valence-corrected chi connectivity index (χ3v) is 5.41. The number of thiophene rings is 1. The summed E-state index contributed by atoms with van der Waals surface area (Å²) in [5.74, 6) is 5.79. The number of hydrogen-bond acceptors (Lipinski definition) is 4. The van der Waals surface area contributed by atoms with Gasteiger partial charge in [0.2, 0.25) is 0 Å². The zero-order chi connectivity index (χ0) is 14.4. The number of amides is 1. The minimum Gasteiger partial charge on any atom is -0.349 e. The second-order valence-corrected chi connectivity index (χ2v) is 6.95. The molecule has 3 N–H and O–H groups in total. The number of nitrogens with two attached hydrogens (primary N) is 1. The molecule has 3 nitrogen and oxygen atoms in total. The molecule has 20 heavy (non-hydrogen) atoms. The number of thioether (sulfide) groups is 1. The normalized spacial score (nSPS) is 21.9. The molecule has 1 fully saturated rings. The first kappa shape index (κ1) is 15.4. The Morgan fingerprint density at radius 1 is 1.60 bits per heavy atom. The van der Waals surface area contributed by atoms with Crippen LogP contribution in [0.2, 0.25) is 0 Å². The van der Waals surface area contributed by atoms with Crippen molar-refractivity contribution in [1.29, 1.82) is 0 Å².